The van der Waals surface area contributed by atoms with Gasteiger partial charge in [-0.05, 0) is 88.7 Å². The zero-order valence-electron chi connectivity index (χ0n) is 33.3. The van der Waals surface area contributed by atoms with E-state index in [-0.39, 0.29) is 12.1 Å². The largest absolute Gasteiger partial charge is 0.495 e. The monoisotopic (exact) mass is 821 g/mol. The van der Waals surface area contributed by atoms with Gasteiger partial charge in [-0.2, -0.15) is 10.2 Å². The van der Waals surface area contributed by atoms with Crippen molar-refractivity contribution in [2.24, 2.45) is 0 Å². The summed E-state index contributed by atoms with van der Waals surface area (Å²) in [4.78, 5) is 22.4. The average molecular weight is 823 g/mol. The molecule has 0 unspecified atom stereocenters. The number of hydrogen-bond donors (Lipinski definition) is 2. The fourth-order valence-corrected chi connectivity index (χ4v) is 6.78. The molecule has 0 aromatic carbocycles. The van der Waals surface area contributed by atoms with E-state index >= 15 is 0 Å². The molecule has 0 amide bonds. The van der Waals surface area contributed by atoms with E-state index in [1.165, 1.54) is 0 Å². The fourth-order valence-electron chi connectivity index (χ4n) is 6.32. The van der Waals surface area contributed by atoms with Gasteiger partial charge >= 0.3 is 0 Å². The lowest BCUT2D eigenvalue weighted by atomic mass is 10.1. The number of hydrogen-bond acceptors (Lipinski definition) is 12. The van der Waals surface area contributed by atoms with Gasteiger partial charge < -0.3 is 24.8 Å². The quantitative estimate of drug-likeness (QED) is 0.107. The highest BCUT2D eigenvalue weighted by molar-refractivity contribution is 9.10. The number of nitrogens with zero attached hydrogens (tertiary/aromatic N) is 9. The first-order valence-corrected chi connectivity index (χ1v) is 19.3. The molecule has 0 aliphatic carbocycles. The Kier molecular flexibility index (Phi) is 12.6. The second-order valence-electron chi connectivity index (χ2n) is 13.6. The van der Waals surface area contributed by atoms with Crippen LogP contribution in [-0.2, 0) is 13.1 Å². The number of halogens is 1. The van der Waals surface area contributed by atoms with Crippen molar-refractivity contribution in [3.63, 3.8) is 0 Å². The maximum atomic E-state index is 5.76. The van der Waals surface area contributed by atoms with Crippen molar-refractivity contribution >= 4 is 49.4 Å². The molecule has 0 bridgehead atoms. The molecule has 14 nitrogen and oxygen atoms in total. The molecule has 56 heavy (non-hydrogen) atoms. The SMILES string of the molecule is CCOc1ncccc1-c1cc(CNc2cncc(OC)c2)c2c(n1)c(C)nn2C(C)C.COc1cncc(NCc2cc(Br)nc3c(C)nn(C(C)C)c23)c1. The standard InChI is InChI=1S/C24H28N6O2.C17H20BrN5O/c1-6-32-24-20(8-7-9-26-24)21-10-17(12-27-18-11-19(31-5)14-25-13-18)23-22(28-21)16(4)29-30(23)15(2)3;1-10(2)23-17-12(5-15(18)21-16(17)11(3)22-23)7-20-13-6-14(24-4)9-19-8-13/h7-11,13-15,27H,6,12H2,1-5H3;5-6,8-10,20H,7H2,1-4H3. The van der Waals surface area contributed by atoms with Gasteiger partial charge in [0.15, 0.2) is 0 Å². The smallest absolute Gasteiger partial charge is 0.222 e. The fraction of sp³-hybridized carbons (Fsp3) is 0.341. The van der Waals surface area contributed by atoms with E-state index in [1.54, 1.807) is 45.2 Å². The summed E-state index contributed by atoms with van der Waals surface area (Å²) in [5.74, 6) is 2.01. The lowest BCUT2D eigenvalue weighted by Crippen LogP contribution is -2.08. The molecule has 7 heterocycles. The Hall–Kier alpha value is -5.83. The number of aryl methyl sites for hydroxylation is 2. The summed E-state index contributed by atoms with van der Waals surface area (Å²) >= 11 is 3.50. The van der Waals surface area contributed by atoms with E-state index < -0.39 is 0 Å². The predicted molar refractivity (Wildman–Crippen MR) is 224 cm³/mol. The minimum absolute atomic E-state index is 0.202. The van der Waals surface area contributed by atoms with E-state index in [4.69, 9.17) is 24.3 Å². The van der Waals surface area contributed by atoms with E-state index in [1.807, 2.05) is 60.5 Å². The van der Waals surface area contributed by atoms with Crippen LogP contribution in [0.4, 0.5) is 11.4 Å². The maximum Gasteiger partial charge on any atom is 0.222 e. The van der Waals surface area contributed by atoms with Gasteiger partial charge in [-0.25, -0.2) is 15.0 Å². The Morgan fingerprint density at radius 3 is 1.79 bits per heavy atom. The highest BCUT2D eigenvalue weighted by Gasteiger charge is 2.20. The van der Waals surface area contributed by atoms with Crippen LogP contribution in [0.15, 0.2) is 72.0 Å². The van der Waals surface area contributed by atoms with Crippen LogP contribution in [0.25, 0.3) is 33.3 Å². The van der Waals surface area contributed by atoms with E-state index in [9.17, 15) is 0 Å². The van der Waals surface area contributed by atoms with Gasteiger partial charge in [0.2, 0.25) is 5.88 Å². The van der Waals surface area contributed by atoms with Crippen LogP contribution >= 0.6 is 15.9 Å². The molecule has 7 aromatic heterocycles. The first-order chi connectivity index (χ1) is 27.0. The predicted octanol–water partition coefficient (Wildman–Crippen LogP) is 8.90. The molecule has 7 aromatic rings. The van der Waals surface area contributed by atoms with Crippen LogP contribution in [0.2, 0.25) is 0 Å². The van der Waals surface area contributed by atoms with Crippen LogP contribution < -0.4 is 24.8 Å². The van der Waals surface area contributed by atoms with Gasteiger partial charge in [-0.1, -0.05) is 0 Å². The second-order valence-corrected chi connectivity index (χ2v) is 14.4. The molecule has 15 heteroatoms. The molecule has 0 saturated heterocycles. The highest BCUT2D eigenvalue weighted by atomic mass is 79.9. The minimum Gasteiger partial charge on any atom is -0.495 e. The molecule has 2 N–H and O–H groups in total. The number of fused-ring (bicyclic) bond motifs is 2. The first-order valence-electron chi connectivity index (χ1n) is 18.5. The summed E-state index contributed by atoms with van der Waals surface area (Å²) in [5.41, 5.74) is 11.4. The van der Waals surface area contributed by atoms with Crippen LogP contribution in [0.1, 0.15) is 69.2 Å². The van der Waals surface area contributed by atoms with Gasteiger partial charge in [0, 0.05) is 54.6 Å². The number of pyridine rings is 5. The summed E-state index contributed by atoms with van der Waals surface area (Å²) in [6.45, 7) is 16.2. The molecule has 0 saturated carbocycles. The lowest BCUT2D eigenvalue weighted by Gasteiger charge is -2.15. The second kappa shape index (κ2) is 17.8. The third-order valence-corrected chi connectivity index (χ3v) is 9.35. The molecule has 0 atom stereocenters. The Balaban J connectivity index is 0.000000198. The third kappa shape index (κ3) is 8.83. The number of ether oxygens (including phenoxy) is 3. The number of rotatable bonds is 13. The molecule has 0 radical (unpaired) electrons. The molecule has 0 aliphatic heterocycles. The third-order valence-electron chi connectivity index (χ3n) is 8.94. The van der Waals surface area contributed by atoms with Crippen LogP contribution in [0, 0.1) is 13.8 Å². The van der Waals surface area contributed by atoms with Gasteiger partial charge in [0.05, 0.1) is 90.7 Å². The molecule has 0 spiro atoms. The van der Waals surface area contributed by atoms with E-state index in [2.05, 4.69) is 85.4 Å². The average Bonchev–Trinajstić information content (AvgIpc) is 3.73. The maximum absolute atomic E-state index is 5.76. The zero-order valence-corrected chi connectivity index (χ0v) is 34.8. The van der Waals surface area contributed by atoms with Crippen LogP contribution in [0.5, 0.6) is 17.4 Å². The van der Waals surface area contributed by atoms with Crippen molar-refractivity contribution in [1.82, 2.24) is 44.5 Å². The van der Waals surface area contributed by atoms with Crippen molar-refractivity contribution in [2.45, 2.75) is 73.6 Å². The van der Waals surface area contributed by atoms with Gasteiger partial charge in [-0.15, -0.1) is 0 Å². The summed E-state index contributed by atoms with van der Waals surface area (Å²) in [7, 11) is 3.27. The topological polar surface area (TPSA) is 152 Å². The van der Waals surface area contributed by atoms with Crippen molar-refractivity contribution < 1.29 is 14.2 Å². The lowest BCUT2D eigenvalue weighted by molar-refractivity contribution is 0.328. The summed E-state index contributed by atoms with van der Waals surface area (Å²) < 4.78 is 21.2. The molecular weight excluding hydrogens is 774 g/mol. The van der Waals surface area contributed by atoms with Crippen molar-refractivity contribution in [3.05, 3.63) is 94.5 Å². The van der Waals surface area contributed by atoms with E-state index in [0.717, 1.165) is 77.6 Å². The Labute approximate surface area is 335 Å². The normalized spacial score (nSPS) is 11.2. The highest BCUT2D eigenvalue weighted by Crippen LogP contribution is 2.33. The van der Waals surface area contributed by atoms with E-state index in [0.29, 0.717) is 31.3 Å². The Morgan fingerprint density at radius 1 is 0.732 bits per heavy atom. The molecule has 0 fully saturated rings. The zero-order chi connectivity index (χ0) is 39.9. The number of aromatic nitrogens is 9. The number of anilines is 2. The number of methoxy groups -OCH3 is 2. The molecule has 0 aliphatic rings. The Morgan fingerprint density at radius 2 is 1.27 bits per heavy atom. The summed E-state index contributed by atoms with van der Waals surface area (Å²) in [6, 6.07) is 12.3. The molecule has 7 rings (SSSR count). The summed E-state index contributed by atoms with van der Waals surface area (Å²) in [6.07, 6.45) is 8.65. The first kappa shape index (κ1) is 39.9. The Bertz CT molecular complexity index is 2440. The number of nitrogens with one attached hydrogen (secondary N) is 2. The van der Waals surface area contributed by atoms with Crippen molar-refractivity contribution in [3.8, 4) is 28.6 Å². The van der Waals surface area contributed by atoms with Crippen molar-refractivity contribution in [2.75, 3.05) is 31.5 Å². The molecular formula is C41H48BrN11O3. The van der Waals surface area contributed by atoms with Crippen molar-refractivity contribution in [1.29, 1.82) is 0 Å². The minimum atomic E-state index is 0.202. The van der Waals surface area contributed by atoms with Gasteiger partial charge in [-0.3, -0.25) is 19.3 Å². The van der Waals surface area contributed by atoms with Crippen LogP contribution in [-0.4, -0.2) is 65.3 Å². The summed E-state index contributed by atoms with van der Waals surface area (Å²) in [5, 5.41) is 16.3. The van der Waals surface area contributed by atoms with Gasteiger partial charge in [0.25, 0.3) is 0 Å². The van der Waals surface area contributed by atoms with Gasteiger partial charge in [0.1, 0.15) is 27.1 Å². The van der Waals surface area contributed by atoms with Crippen LogP contribution in [0.3, 0.4) is 0 Å². The molecule has 292 valence electrons.